The van der Waals surface area contributed by atoms with Crippen molar-refractivity contribution in [3.63, 3.8) is 0 Å². The Labute approximate surface area is 468 Å². The highest BCUT2D eigenvalue weighted by Crippen LogP contribution is 2.52. The normalized spacial score (nSPS) is 13.0. The van der Waals surface area contributed by atoms with E-state index in [2.05, 4.69) is 257 Å². The van der Waals surface area contributed by atoms with Gasteiger partial charge in [0.05, 0.1) is 17.1 Å². The molecule has 4 aromatic heterocycles. The standard InChI is InChI=1S/C74H42BN3O4/c1-3-19-48-43(15-1)17-13-25-60(48)78(61-26-14-18-44-16-2-4-20-49(44)61)47-37-64-74-65(38-47)77(46-32-34-71-55(36-46)51-22-6-10-28-67(51)80-71)63-40-57-53-24-8-12-30-69(53)82-73(57)42-59(63)75(74)58-41-72-56(52-23-7-11-29-68(52)81-72)39-62(58)76(64)45-31-33-70-54(35-45)50-21-5-9-27-66(50)79-70/h1-42H. The Kier molecular flexibility index (Phi) is 8.75. The molecule has 13 aromatic carbocycles. The van der Waals surface area contributed by atoms with Gasteiger partial charge in [0.2, 0.25) is 0 Å². The first-order valence-electron chi connectivity index (χ1n) is 27.9. The number of rotatable bonds is 5. The number of nitrogens with zero attached hydrogens (tertiary/aromatic N) is 3. The molecule has 8 heteroatoms. The van der Waals surface area contributed by atoms with Crippen molar-refractivity contribution in [3.05, 3.63) is 255 Å². The van der Waals surface area contributed by atoms with Crippen LogP contribution in [0.15, 0.2) is 272 Å². The summed E-state index contributed by atoms with van der Waals surface area (Å²) in [7, 11) is 0. The SMILES string of the molecule is c1ccc2c(N(c3cc4c5c(c3)N(c3ccc6oc7ccccc7c6c3)c3cc6c(cc3B5c3cc5oc7ccccc7c5cc3N4c3ccc4oc5ccccc5c4c3)oc3ccccc36)c3cccc4ccccc34)cccc2c1. The smallest absolute Gasteiger partial charge is 0.252 e. The van der Waals surface area contributed by atoms with Gasteiger partial charge >= 0.3 is 0 Å². The van der Waals surface area contributed by atoms with Gasteiger partial charge in [-0.05, 0) is 136 Å². The molecule has 0 amide bonds. The van der Waals surface area contributed by atoms with Gasteiger partial charge in [-0.3, -0.25) is 0 Å². The van der Waals surface area contributed by atoms with E-state index in [0.29, 0.717) is 0 Å². The lowest BCUT2D eigenvalue weighted by Crippen LogP contribution is -2.61. The monoisotopic (exact) mass is 1050 g/mol. The molecule has 19 rings (SSSR count). The van der Waals surface area contributed by atoms with Crippen molar-refractivity contribution < 1.29 is 17.7 Å². The Bertz CT molecular complexity index is 5260. The van der Waals surface area contributed by atoms with E-state index >= 15 is 0 Å². The van der Waals surface area contributed by atoms with Crippen LogP contribution in [0.25, 0.3) is 109 Å². The quantitative estimate of drug-likeness (QED) is 0.159. The van der Waals surface area contributed by atoms with Crippen molar-refractivity contribution in [2.45, 2.75) is 0 Å². The molecular formula is C74H42BN3O4. The summed E-state index contributed by atoms with van der Waals surface area (Å²) in [6.45, 7) is -0.285. The average Bonchev–Trinajstić information content (AvgIpc) is 2.35. The molecule has 0 unspecified atom stereocenters. The van der Waals surface area contributed by atoms with Crippen LogP contribution in [0.4, 0.5) is 51.2 Å². The van der Waals surface area contributed by atoms with Gasteiger partial charge in [-0.25, -0.2) is 0 Å². The Morgan fingerprint density at radius 1 is 0.268 bits per heavy atom. The molecule has 2 aliphatic heterocycles. The number of anilines is 9. The molecule has 0 bridgehead atoms. The molecule has 7 nitrogen and oxygen atoms in total. The molecule has 0 aliphatic carbocycles. The highest BCUT2D eigenvalue weighted by atomic mass is 16.3. The minimum absolute atomic E-state index is 0.285. The van der Waals surface area contributed by atoms with Crippen LogP contribution in [0, 0.1) is 0 Å². The number of hydrogen-bond donors (Lipinski definition) is 0. The molecular weight excluding hydrogens is 1010 g/mol. The van der Waals surface area contributed by atoms with E-state index < -0.39 is 0 Å². The molecule has 0 saturated carbocycles. The van der Waals surface area contributed by atoms with Gasteiger partial charge < -0.3 is 32.4 Å². The van der Waals surface area contributed by atoms with Gasteiger partial charge in [0, 0.05) is 88.0 Å². The third-order valence-corrected chi connectivity index (χ3v) is 17.6. The van der Waals surface area contributed by atoms with E-state index in [1.807, 2.05) is 12.1 Å². The van der Waals surface area contributed by atoms with Crippen molar-refractivity contribution in [1.82, 2.24) is 0 Å². The largest absolute Gasteiger partial charge is 0.456 e. The van der Waals surface area contributed by atoms with Crippen LogP contribution in [0.2, 0.25) is 0 Å². The predicted octanol–water partition coefficient (Wildman–Crippen LogP) is 19.1. The van der Waals surface area contributed by atoms with Crippen molar-refractivity contribution in [2.24, 2.45) is 0 Å². The van der Waals surface area contributed by atoms with Crippen LogP contribution < -0.4 is 31.1 Å². The van der Waals surface area contributed by atoms with Gasteiger partial charge in [0.25, 0.3) is 6.71 Å². The molecule has 0 spiro atoms. The van der Waals surface area contributed by atoms with Gasteiger partial charge in [-0.1, -0.05) is 146 Å². The summed E-state index contributed by atoms with van der Waals surface area (Å²) in [6.07, 6.45) is 0. The average molecular weight is 1050 g/mol. The van der Waals surface area contributed by atoms with Crippen LogP contribution >= 0.6 is 0 Å². The fourth-order valence-electron chi connectivity index (χ4n) is 14.0. The van der Waals surface area contributed by atoms with Crippen molar-refractivity contribution in [2.75, 3.05) is 14.7 Å². The van der Waals surface area contributed by atoms with Crippen LogP contribution in [-0.4, -0.2) is 6.71 Å². The molecule has 0 atom stereocenters. The second-order valence-electron chi connectivity index (χ2n) is 21.9. The van der Waals surface area contributed by atoms with Crippen LogP contribution in [0.1, 0.15) is 0 Å². The summed E-state index contributed by atoms with van der Waals surface area (Å²) in [6, 6.07) is 92.0. The lowest BCUT2D eigenvalue weighted by molar-refractivity contribution is 0.668. The maximum atomic E-state index is 6.88. The zero-order chi connectivity index (χ0) is 53.3. The maximum Gasteiger partial charge on any atom is 0.252 e. The van der Waals surface area contributed by atoms with Crippen LogP contribution in [-0.2, 0) is 0 Å². The molecule has 0 saturated heterocycles. The highest BCUT2D eigenvalue weighted by molar-refractivity contribution is 7.00. The summed E-state index contributed by atoms with van der Waals surface area (Å²) >= 11 is 0. The maximum absolute atomic E-state index is 6.88. The third-order valence-electron chi connectivity index (χ3n) is 17.6. The van der Waals surface area contributed by atoms with Crippen molar-refractivity contribution >= 4 is 184 Å². The molecule has 0 radical (unpaired) electrons. The number of fused-ring (bicyclic) bond motifs is 18. The lowest BCUT2D eigenvalue weighted by Gasteiger charge is -2.45. The fourth-order valence-corrected chi connectivity index (χ4v) is 14.0. The molecule has 0 N–H and O–H groups in total. The van der Waals surface area contributed by atoms with E-state index in [1.54, 1.807) is 0 Å². The Morgan fingerprint density at radius 3 is 1.06 bits per heavy atom. The van der Waals surface area contributed by atoms with Crippen LogP contribution in [0.5, 0.6) is 0 Å². The van der Waals surface area contributed by atoms with E-state index in [4.69, 9.17) is 17.7 Å². The third kappa shape index (κ3) is 6.09. The number of para-hydroxylation sites is 4. The topological polar surface area (TPSA) is 62.3 Å². The molecule has 2 aliphatic rings. The number of benzene rings is 13. The second kappa shape index (κ2) is 16.3. The first kappa shape index (κ1) is 44.0. The van der Waals surface area contributed by atoms with Crippen molar-refractivity contribution in [1.29, 1.82) is 0 Å². The number of hydrogen-bond acceptors (Lipinski definition) is 7. The summed E-state index contributed by atoms with van der Waals surface area (Å²) in [5.41, 5.74) is 19.5. The molecule has 380 valence electrons. The first-order chi connectivity index (χ1) is 40.6. The molecule has 6 heterocycles. The van der Waals surface area contributed by atoms with Gasteiger partial charge in [-0.15, -0.1) is 0 Å². The predicted molar refractivity (Wildman–Crippen MR) is 339 cm³/mol. The Morgan fingerprint density at radius 2 is 0.622 bits per heavy atom. The Balaban J connectivity index is 0.998. The zero-order valence-electron chi connectivity index (χ0n) is 43.8. The molecule has 17 aromatic rings. The van der Waals surface area contributed by atoms with E-state index in [0.717, 1.165) is 177 Å². The van der Waals surface area contributed by atoms with Crippen LogP contribution in [0.3, 0.4) is 0 Å². The summed E-state index contributed by atoms with van der Waals surface area (Å²) in [5.74, 6) is 0. The van der Waals surface area contributed by atoms with Gasteiger partial charge in [0.15, 0.2) is 0 Å². The lowest BCUT2D eigenvalue weighted by atomic mass is 9.33. The summed E-state index contributed by atoms with van der Waals surface area (Å²) < 4.78 is 26.9. The van der Waals surface area contributed by atoms with Crippen molar-refractivity contribution in [3.8, 4) is 0 Å². The Hall–Kier alpha value is -11.0. The second-order valence-corrected chi connectivity index (χ2v) is 21.9. The minimum atomic E-state index is -0.285. The van der Waals surface area contributed by atoms with Gasteiger partial charge in [0.1, 0.15) is 44.7 Å². The number of furan rings is 4. The minimum Gasteiger partial charge on any atom is -0.456 e. The van der Waals surface area contributed by atoms with E-state index in [1.165, 1.54) is 0 Å². The molecule has 0 fully saturated rings. The van der Waals surface area contributed by atoms with E-state index in [9.17, 15) is 0 Å². The fraction of sp³-hybridized carbons (Fsp3) is 0. The first-order valence-corrected chi connectivity index (χ1v) is 27.9. The zero-order valence-corrected chi connectivity index (χ0v) is 43.8. The highest BCUT2D eigenvalue weighted by Gasteiger charge is 2.45. The summed E-state index contributed by atoms with van der Waals surface area (Å²) in [5, 5.41) is 13.1. The van der Waals surface area contributed by atoms with E-state index in [-0.39, 0.29) is 6.71 Å². The summed E-state index contributed by atoms with van der Waals surface area (Å²) in [4.78, 5) is 7.52. The van der Waals surface area contributed by atoms with Gasteiger partial charge in [-0.2, -0.15) is 0 Å². The molecule has 82 heavy (non-hydrogen) atoms.